The standard InChI is InChI=1S/C11H15N3O5/c12-10(17)8(15)5-14-9(16)1-3-13-11(18)7-2-4-19-6-7/h2,4,6,8,15H,1,3,5H2,(H2,12,17)(H,13,18)(H,14,16). The van der Waals surface area contributed by atoms with Crippen LogP contribution in [0.15, 0.2) is 23.0 Å². The van der Waals surface area contributed by atoms with Crippen LogP contribution in [0.5, 0.6) is 0 Å². The highest BCUT2D eigenvalue weighted by atomic mass is 16.3. The summed E-state index contributed by atoms with van der Waals surface area (Å²) in [6.07, 6.45) is 1.27. The van der Waals surface area contributed by atoms with Crippen molar-refractivity contribution in [1.82, 2.24) is 10.6 Å². The lowest BCUT2D eigenvalue weighted by Crippen LogP contribution is -2.40. The van der Waals surface area contributed by atoms with Crippen LogP contribution in [-0.2, 0) is 9.59 Å². The molecule has 1 aromatic rings. The van der Waals surface area contributed by atoms with Crippen molar-refractivity contribution in [2.75, 3.05) is 13.1 Å². The Morgan fingerprint density at radius 2 is 2.11 bits per heavy atom. The van der Waals surface area contributed by atoms with E-state index in [1.54, 1.807) is 0 Å². The SMILES string of the molecule is NC(=O)C(O)CNC(=O)CCNC(=O)c1ccoc1. The maximum atomic E-state index is 11.4. The highest BCUT2D eigenvalue weighted by Gasteiger charge is 2.12. The van der Waals surface area contributed by atoms with Crippen molar-refractivity contribution in [2.45, 2.75) is 12.5 Å². The first-order valence-electron chi connectivity index (χ1n) is 5.55. The Morgan fingerprint density at radius 1 is 1.37 bits per heavy atom. The van der Waals surface area contributed by atoms with Crippen molar-refractivity contribution in [2.24, 2.45) is 5.73 Å². The summed E-state index contributed by atoms with van der Waals surface area (Å²) in [5, 5.41) is 13.9. The summed E-state index contributed by atoms with van der Waals surface area (Å²) in [4.78, 5) is 33.2. The van der Waals surface area contributed by atoms with Gasteiger partial charge in [-0.25, -0.2) is 0 Å². The average Bonchev–Trinajstić information content (AvgIpc) is 2.89. The number of nitrogens with two attached hydrogens (primary N) is 1. The fourth-order valence-electron chi connectivity index (χ4n) is 1.18. The van der Waals surface area contributed by atoms with Crippen LogP contribution in [0.4, 0.5) is 0 Å². The summed E-state index contributed by atoms with van der Waals surface area (Å²) < 4.78 is 4.74. The van der Waals surface area contributed by atoms with Gasteiger partial charge in [0.15, 0.2) is 0 Å². The van der Waals surface area contributed by atoms with Crippen molar-refractivity contribution in [3.8, 4) is 0 Å². The number of carbonyl (C=O) groups excluding carboxylic acids is 3. The summed E-state index contributed by atoms with van der Waals surface area (Å²) in [5.41, 5.74) is 5.18. The molecule has 1 rings (SSSR count). The van der Waals surface area contributed by atoms with Gasteiger partial charge < -0.3 is 25.9 Å². The summed E-state index contributed by atoms with van der Waals surface area (Å²) in [6, 6.07) is 1.50. The van der Waals surface area contributed by atoms with Crippen molar-refractivity contribution < 1.29 is 23.9 Å². The van der Waals surface area contributed by atoms with E-state index in [2.05, 4.69) is 10.6 Å². The first-order chi connectivity index (χ1) is 9.00. The van der Waals surface area contributed by atoms with Crippen LogP contribution in [0.2, 0.25) is 0 Å². The largest absolute Gasteiger partial charge is 0.472 e. The molecule has 8 nitrogen and oxygen atoms in total. The van der Waals surface area contributed by atoms with Crippen LogP contribution in [0, 0.1) is 0 Å². The van der Waals surface area contributed by atoms with Gasteiger partial charge >= 0.3 is 0 Å². The molecule has 104 valence electrons. The molecular formula is C11H15N3O5. The van der Waals surface area contributed by atoms with Gasteiger partial charge in [0.1, 0.15) is 12.4 Å². The van der Waals surface area contributed by atoms with Crippen LogP contribution < -0.4 is 16.4 Å². The molecule has 3 amide bonds. The fraction of sp³-hybridized carbons (Fsp3) is 0.364. The molecule has 0 spiro atoms. The molecule has 19 heavy (non-hydrogen) atoms. The molecule has 0 aliphatic carbocycles. The number of nitrogens with one attached hydrogen (secondary N) is 2. The lowest BCUT2D eigenvalue weighted by Gasteiger charge is -2.08. The molecule has 1 atom stereocenters. The smallest absolute Gasteiger partial charge is 0.254 e. The number of furan rings is 1. The van der Waals surface area contributed by atoms with Crippen molar-refractivity contribution in [1.29, 1.82) is 0 Å². The molecule has 1 aromatic heterocycles. The topological polar surface area (TPSA) is 135 Å². The van der Waals surface area contributed by atoms with Gasteiger partial charge in [-0.3, -0.25) is 14.4 Å². The van der Waals surface area contributed by atoms with E-state index in [1.165, 1.54) is 18.6 Å². The van der Waals surface area contributed by atoms with E-state index < -0.39 is 17.9 Å². The molecular weight excluding hydrogens is 254 g/mol. The number of hydrogen-bond acceptors (Lipinski definition) is 5. The Morgan fingerprint density at radius 3 is 2.68 bits per heavy atom. The Hall–Kier alpha value is -2.35. The van der Waals surface area contributed by atoms with Gasteiger partial charge in [-0.1, -0.05) is 0 Å². The number of aliphatic hydroxyl groups is 1. The van der Waals surface area contributed by atoms with Gasteiger partial charge in [-0.05, 0) is 6.07 Å². The van der Waals surface area contributed by atoms with Gasteiger partial charge in [0, 0.05) is 13.0 Å². The number of aliphatic hydroxyl groups excluding tert-OH is 1. The van der Waals surface area contributed by atoms with E-state index >= 15 is 0 Å². The molecule has 0 aromatic carbocycles. The van der Waals surface area contributed by atoms with E-state index in [9.17, 15) is 14.4 Å². The van der Waals surface area contributed by atoms with Crippen LogP contribution in [0.3, 0.4) is 0 Å². The monoisotopic (exact) mass is 269 g/mol. The quantitative estimate of drug-likeness (QED) is 0.471. The zero-order chi connectivity index (χ0) is 14.3. The normalized spacial score (nSPS) is 11.6. The Labute approximate surface area is 108 Å². The molecule has 0 aliphatic heterocycles. The van der Waals surface area contributed by atoms with E-state index in [0.717, 1.165) is 0 Å². The van der Waals surface area contributed by atoms with Crippen LogP contribution in [0.1, 0.15) is 16.8 Å². The molecule has 0 saturated heterocycles. The second kappa shape index (κ2) is 7.17. The van der Waals surface area contributed by atoms with Crippen LogP contribution >= 0.6 is 0 Å². The maximum Gasteiger partial charge on any atom is 0.254 e. The molecule has 0 saturated carbocycles. The average molecular weight is 269 g/mol. The molecule has 5 N–H and O–H groups in total. The van der Waals surface area contributed by atoms with Crippen molar-refractivity contribution in [3.63, 3.8) is 0 Å². The first-order valence-corrected chi connectivity index (χ1v) is 5.55. The lowest BCUT2D eigenvalue weighted by atomic mass is 10.3. The predicted molar refractivity (Wildman–Crippen MR) is 63.9 cm³/mol. The van der Waals surface area contributed by atoms with Crippen LogP contribution in [0.25, 0.3) is 0 Å². The zero-order valence-electron chi connectivity index (χ0n) is 10.1. The molecule has 1 heterocycles. The minimum Gasteiger partial charge on any atom is -0.472 e. The predicted octanol–water partition coefficient (Wildman–Crippen LogP) is -1.64. The van der Waals surface area contributed by atoms with Gasteiger partial charge in [0.2, 0.25) is 11.8 Å². The second-order valence-corrected chi connectivity index (χ2v) is 3.74. The van der Waals surface area contributed by atoms with Gasteiger partial charge in [-0.15, -0.1) is 0 Å². The molecule has 0 aliphatic rings. The highest BCUT2D eigenvalue weighted by Crippen LogP contribution is 1.98. The molecule has 0 radical (unpaired) electrons. The van der Waals surface area contributed by atoms with Crippen molar-refractivity contribution in [3.05, 3.63) is 24.2 Å². The summed E-state index contributed by atoms with van der Waals surface area (Å²) >= 11 is 0. The molecule has 0 fully saturated rings. The van der Waals surface area contributed by atoms with Gasteiger partial charge in [0.25, 0.3) is 5.91 Å². The van der Waals surface area contributed by atoms with Crippen LogP contribution in [-0.4, -0.2) is 42.0 Å². The van der Waals surface area contributed by atoms with E-state index in [0.29, 0.717) is 5.56 Å². The highest BCUT2D eigenvalue weighted by molar-refractivity contribution is 5.94. The lowest BCUT2D eigenvalue weighted by molar-refractivity contribution is -0.127. The van der Waals surface area contributed by atoms with Gasteiger partial charge in [-0.2, -0.15) is 0 Å². The number of rotatable bonds is 7. The Kier molecular flexibility index (Phi) is 5.55. The van der Waals surface area contributed by atoms with Crippen molar-refractivity contribution >= 4 is 17.7 Å². The first kappa shape index (κ1) is 14.7. The zero-order valence-corrected chi connectivity index (χ0v) is 10.1. The summed E-state index contributed by atoms with van der Waals surface area (Å²) in [7, 11) is 0. The van der Waals surface area contributed by atoms with E-state index in [4.69, 9.17) is 15.3 Å². The third-order valence-corrected chi connectivity index (χ3v) is 2.24. The minimum absolute atomic E-state index is 0.0229. The Bertz CT molecular complexity index is 443. The minimum atomic E-state index is -1.41. The molecule has 8 heteroatoms. The number of amides is 3. The summed E-state index contributed by atoms with van der Waals surface area (Å²) in [6.45, 7) is -0.119. The number of carbonyl (C=O) groups is 3. The Balaban J connectivity index is 2.17. The maximum absolute atomic E-state index is 11.4. The third kappa shape index (κ3) is 5.21. The fourth-order valence-corrected chi connectivity index (χ4v) is 1.18. The van der Waals surface area contributed by atoms with Gasteiger partial charge in [0.05, 0.1) is 18.4 Å². The number of hydrogen-bond donors (Lipinski definition) is 4. The second-order valence-electron chi connectivity index (χ2n) is 3.74. The number of primary amides is 1. The molecule has 1 unspecified atom stereocenters. The third-order valence-electron chi connectivity index (χ3n) is 2.24. The van der Waals surface area contributed by atoms with E-state index in [1.807, 2.05) is 0 Å². The molecule has 0 bridgehead atoms. The summed E-state index contributed by atoms with van der Waals surface area (Å²) in [5.74, 6) is -1.67. The van der Waals surface area contributed by atoms with E-state index in [-0.39, 0.29) is 25.4 Å².